The number of hydrogen-bond acceptors (Lipinski definition) is 4. The van der Waals surface area contributed by atoms with E-state index >= 15 is 0 Å². The number of halogens is 1. The zero-order chi connectivity index (χ0) is 13.0. The standard InChI is InChI=1S/C11H12ClN5O/c12-9-5-8(6-10(13)7-9)11(18)14-1-3-17-4-2-15-16-17/h2,4-7H,1,3,13H2,(H,14,18). The van der Waals surface area contributed by atoms with E-state index in [1.54, 1.807) is 35.3 Å². The van der Waals surface area contributed by atoms with Crippen molar-refractivity contribution in [3.8, 4) is 0 Å². The third-order valence-corrected chi connectivity index (χ3v) is 2.50. The van der Waals surface area contributed by atoms with Crippen LogP contribution in [0.3, 0.4) is 0 Å². The second-order valence-corrected chi connectivity index (χ2v) is 4.13. The van der Waals surface area contributed by atoms with Crippen LogP contribution in [0.15, 0.2) is 30.6 Å². The molecular weight excluding hydrogens is 254 g/mol. The summed E-state index contributed by atoms with van der Waals surface area (Å²) in [6, 6.07) is 4.74. The Bertz CT molecular complexity index is 520. The molecule has 0 saturated carbocycles. The third-order valence-electron chi connectivity index (χ3n) is 2.28. The molecule has 0 bridgehead atoms. The van der Waals surface area contributed by atoms with Gasteiger partial charge < -0.3 is 11.1 Å². The highest BCUT2D eigenvalue weighted by atomic mass is 35.5. The van der Waals surface area contributed by atoms with Gasteiger partial charge in [-0.05, 0) is 18.2 Å². The van der Waals surface area contributed by atoms with E-state index in [0.717, 1.165) is 0 Å². The van der Waals surface area contributed by atoms with Crippen molar-refractivity contribution in [3.63, 3.8) is 0 Å². The van der Waals surface area contributed by atoms with Crippen LogP contribution in [0, 0.1) is 0 Å². The Balaban J connectivity index is 1.91. The van der Waals surface area contributed by atoms with Gasteiger partial charge >= 0.3 is 0 Å². The molecule has 0 unspecified atom stereocenters. The molecule has 0 atom stereocenters. The van der Waals surface area contributed by atoms with Gasteiger partial charge in [0.25, 0.3) is 5.91 Å². The Hall–Kier alpha value is -2.08. The lowest BCUT2D eigenvalue weighted by Gasteiger charge is -2.06. The van der Waals surface area contributed by atoms with E-state index in [1.807, 2.05) is 0 Å². The van der Waals surface area contributed by atoms with E-state index in [0.29, 0.717) is 29.4 Å². The number of nitrogens with two attached hydrogens (primary N) is 1. The maximum atomic E-state index is 11.8. The van der Waals surface area contributed by atoms with Gasteiger partial charge in [-0.15, -0.1) is 5.10 Å². The molecule has 6 nitrogen and oxygen atoms in total. The predicted octanol–water partition coefficient (Wildman–Crippen LogP) is 0.944. The fourth-order valence-corrected chi connectivity index (χ4v) is 1.72. The van der Waals surface area contributed by atoms with E-state index < -0.39 is 0 Å². The molecule has 0 aliphatic carbocycles. The SMILES string of the molecule is Nc1cc(Cl)cc(C(=O)NCCn2ccnn2)c1. The van der Waals surface area contributed by atoms with Gasteiger partial charge in [-0.25, -0.2) is 0 Å². The molecule has 0 aliphatic heterocycles. The second kappa shape index (κ2) is 5.50. The minimum Gasteiger partial charge on any atom is -0.399 e. The molecule has 7 heteroatoms. The number of carbonyl (C=O) groups excluding carboxylic acids is 1. The van der Waals surface area contributed by atoms with E-state index in [-0.39, 0.29) is 5.91 Å². The topological polar surface area (TPSA) is 85.8 Å². The average Bonchev–Trinajstić information content (AvgIpc) is 2.80. The van der Waals surface area contributed by atoms with Crippen LogP contribution in [-0.4, -0.2) is 27.4 Å². The average molecular weight is 266 g/mol. The van der Waals surface area contributed by atoms with Crippen LogP contribution >= 0.6 is 11.6 Å². The number of hydrogen-bond donors (Lipinski definition) is 2. The Morgan fingerprint density at radius 3 is 2.94 bits per heavy atom. The summed E-state index contributed by atoms with van der Waals surface area (Å²) < 4.78 is 1.63. The lowest BCUT2D eigenvalue weighted by atomic mass is 10.2. The van der Waals surface area contributed by atoms with Crippen molar-refractivity contribution in [2.45, 2.75) is 6.54 Å². The van der Waals surface area contributed by atoms with Crippen LogP contribution in [0.4, 0.5) is 5.69 Å². The van der Waals surface area contributed by atoms with Crippen molar-refractivity contribution >= 4 is 23.2 Å². The molecule has 2 rings (SSSR count). The summed E-state index contributed by atoms with van der Waals surface area (Å²) in [5.74, 6) is -0.218. The first-order valence-corrected chi connectivity index (χ1v) is 5.71. The zero-order valence-electron chi connectivity index (χ0n) is 9.51. The fourth-order valence-electron chi connectivity index (χ4n) is 1.48. The molecule has 0 fully saturated rings. The number of nitrogen functional groups attached to an aromatic ring is 1. The molecule has 1 aromatic heterocycles. The van der Waals surface area contributed by atoms with Gasteiger partial charge in [-0.2, -0.15) is 0 Å². The van der Waals surface area contributed by atoms with Crippen LogP contribution in [0.1, 0.15) is 10.4 Å². The van der Waals surface area contributed by atoms with Gasteiger partial charge in [0.2, 0.25) is 0 Å². The zero-order valence-corrected chi connectivity index (χ0v) is 10.3. The number of nitrogens with one attached hydrogen (secondary N) is 1. The molecule has 0 aliphatic rings. The fraction of sp³-hybridized carbons (Fsp3) is 0.182. The van der Waals surface area contributed by atoms with Crippen LogP contribution in [0.5, 0.6) is 0 Å². The summed E-state index contributed by atoms with van der Waals surface area (Å²) in [6.45, 7) is 1.01. The highest BCUT2D eigenvalue weighted by Crippen LogP contribution is 2.16. The van der Waals surface area contributed by atoms with Crippen molar-refractivity contribution in [2.75, 3.05) is 12.3 Å². The van der Waals surface area contributed by atoms with E-state index in [1.165, 1.54) is 0 Å². The Morgan fingerprint density at radius 2 is 2.28 bits per heavy atom. The first kappa shape index (κ1) is 12.4. The van der Waals surface area contributed by atoms with Crippen LogP contribution in [0.25, 0.3) is 0 Å². The highest BCUT2D eigenvalue weighted by molar-refractivity contribution is 6.31. The van der Waals surface area contributed by atoms with Crippen LogP contribution in [-0.2, 0) is 6.54 Å². The van der Waals surface area contributed by atoms with Gasteiger partial charge in [-0.3, -0.25) is 9.48 Å². The quantitative estimate of drug-likeness (QED) is 0.806. The molecule has 1 amide bonds. The molecule has 0 radical (unpaired) electrons. The van der Waals surface area contributed by atoms with E-state index in [9.17, 15) is 4.79 Å². The minimum absolute atomic E-state index is 0.218. The normalized spacial score (nSPS) is 10.3. The molecule has 18 heavy (non-hydrogen) atoms. The summed E-state index contributed by atoms with van der Waals surface area (Å²) in [7, 11) is 0. The van der Waals surface area contributed by atoms with E-state index in [2.05, 4.69) is 15.6 Å². The Kier molecular flexibility index (Phi) is 3.78. The number of carbonyl (C=O) groups is 1. The molecule has 0 spiro atoms. The summed E-state index contributed by atoms with van der Waals surface area (Å²) in [5, 5.41) is 10.6. The predicted molar refractivity (Wildman–Crippen MR) is 68.2 cm³/mol. The van der Waals surface area contributed by atoms with Gasteiger partial charge in [0.15, 0.2) is 0 Å². The minimum atomic E-state index is -0.218. The Labute approximate surface area is 109 Å². The Morgan fingerprint density at radius 1 is 1.44 bits per heavy atom. The second-order valence-electron chi connectivity index (χ2n) is 3.70. The smallest absolute Gasteiger partial charge is 0.251 e. The van der Waals surface area contributed by atoms with Crippen molar-refractivity contribution in [1.82, 2.24) is 20.3 Å². The first-order chi connectivity index (χ1) is 8.65. The van der Waals surface area contributed by atoms with Gasteiger partial charge in [0, 0.05) is 29.0 Å². The number of amides is 1. The van der Waals surface area contributed by atoms with Crippen LogP contribution < -0.4 is 11.1 Å². The number of anilines is 1. The van der Waals surface area contributed by atoms with Crippen LogP contribution in [0.2, 0.25) is 5.02 Å². The number of aromatic nitrogens is 3. The van der Waals surface area contributed by atoms with Crippen molar-refractivity contribution < 1.29 is 4.79 Å². The van der Waals surface area contributed by atoms with E-state index in [4.69, 9.17) is 17.3 Å². The molecule has 1 heterocycles. The third kappa shape index (κ3) is 3.21. The van der Waals surface area contributed by atoms with Gasteiger partial charge in [-0.1, -0.05) is 16.8 Å². The lowest BCUT2D eigenvalue weighted by molar-refractivity contribution is 0.0952. The maximum absolute atomic E-state index is 11.8. The number of rotatable bonds is 4. The molecular formula is C11H12ClN5O. The molecule has 2 aromatic rings. The summed E-state index contributed by atoms with van der Waals surface area (Å²) in [4.78, 5) is 11.8. The summed E-state index contributed by atoms with van der Waals surface area (Å²) in [5.41, 5.74) is 6.52. The molecule has 1 aromatic carbocycles. The van der Waals surface area contributed by atoms with Crippen molar-refractivity contribution in [3.05, 3.63) is 41.2 Å². The maximum Gasteiger partial charge on any atom is 0.251 e. The number of nitrogens with zero attached hydrogens (tertiary/aromatic N) is 3. The largest absolute Gasteiger partial charge is 0.399 e. The highest BCUT2D eigenvalue weighted by Gasteiger charge is 2.06. The molecule has 3 N–H and O–H groups in total. The van der Waals surface area contributed by atoms with Crippen molar-refractivity contribution in [1.29, 1.82) is 0 Å². The summed E-state index contributed by atoms with van der Waals surface area (Å²) in [6.07, 6.45) is 3.31. The first-order valence-electron chi connectivity index (χ1n) is 5.33. The van der Waals surface area contributed by atoms with Gasteiger partial charge in [0.1, 0.15) is 0 Å². The van der Waals surface area contributed by atoms with Gasteiger partial charge in [0.05, 0.1) is 12.7 Å². The van der Waals surface area contributed by atoms with Crippen molar-refractivity contribution in [2.24, 2.45) is 0 Å². The molecule has 94 valence electrons. The molecule has 0 saturated heterocycles. The lowest BCUT2D eigenvalue weighted by Crippen LogP contribution is -2.27. The number of benzene rings is 1. The monoisotopic (exact) mass is 265 g/mol. The summed E-state index contributed by atoms with van der Waals surface area (Å²) >= 11 is 5.83.